The fraction of sp³-hybridized carbons (Fsp3) is 0.100. The van der Waals surface area contributed by atoms with Gasteiger partial charge in [0.25, 0.3) is 5.78 Å². The van der Waals surface area contributed by atoms with E-state index in [1.165, 1.54) is 11.1 Å². The lowest BCUT2D eigenvalue weighted by molar-refractivity contribution is -0.132. The van der Waals surface area contributed by atoms with E-state index < -0.39 is 17.7 Å². The molecule has 3 aromatic rings. The van der Waals surface area contributed by atoms with E-state index in [4.69, 9.17) is 16.1 Å². The fourth-order valence-electron chi connectivity index (χ4n) is 3.15. The summed E-state index contributed by atoms with van der Waals surface area (Å²) in [4.78, 5) is 30.9. The maximum Gasteiger partial charge on any atom is 0.301 e. The number of carbonyl (C=O) groups excluding carboxylic acids is 2. The number of pyridine rings is 1. The van der Waals surface area contributed by atoms with Crippen molar-refractivity contribution in [2.24, 2.45) is 0 Å². The highest BCUT2D eigenvalue weighted by atomic mass is 35.5. The summed E-state index contributed by atoms with van der Waals surface area (Å²) in [5.41, 5.74) is 0.867. The summed E-state index contributed by atoms with van der Waals surface area (Å²) in [6.07, 6.45) is 3.11. The molecule has 1 saturated heterocycles. The van der Waals surface area contributed by atoms with Gasteiger partial charge in [0.15, 0.2) is 5.82 Å². The summed E-state index contributed by atoms with van der Waals surface area (Å²) >= 11 is 5.90. The molecule has 0 unspecified atom stereocenters. The molecule has 0 aliphatic carbocycles. The van der Waals surface area contributed by atoms with Crippen LogP contribution in [0, 0.1) is 6.92 Å². The predicted octanol–water partition coefficient (Wildman–Crippen LogP) is 3.66. The summed E-state index contributed by atoms with van der Waals surface area (Å²) < 4.78 is 5.07. The standard InChI is InChI=1S/C20H14ClN3O4/c1-11-9-15(23-28-11)24-17(13-3-2-8-22-10-13)16(19(26)20(24)27)18(25)12-4-6-14(21)7-5-12/h2-10,17,25H,1H3/b18-16+/t17-/m1/s1. The van der Waals surface area contributed by atoms with Crippen LogP contribution in [0.5, 0.6) is 0 Å². The molecule has 3 heterocycles. The van der Waals surface area contributed by atoms with Crippen molar-refractivity contribution in [2.45, 2.75) is 13.0 Å². The fourth-order valence-corrected chi connectivity index (χ4v) is 3.28. The van der Waals surface area contributed by atoms with Gasteiger partial charge in [-0.2, -0.15) is 0 Å². The monoisotopic (exact) mass is 395 g/mol. The number of amides is 1. The van der Waals surface area contributed by atoms with Crippen LogP contribution in [0.3, 0.4) is 0 Å². The molecule has 8 heteroatoms. The van der Waals surface area contributed by atoms with Gasteiger partial charge in [-0.25, -0.2) is 0 Å². The molecule has 1 aliphatic heterocycles. The minimum absolute atomic E-state index is 0.0547. The van der Waals surface area contributed by atoms with Crippen molar-refractivity contribution in [3.8, 4) is 0 Å². The highest BCUT2D eigenvalue weighted by molar-refractivity contribution is 6.51. The second-order valence-corrected chi connectivity index (χ2v) is 6.69. The zero-order valence-corrected chi connectivity index (χ0v) is 15.4. The van der Waals surface area contributed by atoms with Crippen molar-refractivity contribution in [1.82, 2.24) is 10.1 Å². The van der Waals surface area contributed by atoms with Gasteiger partial charge in [-0.3, -0.25) is 19.5 Å². The zero-order chi connectivity index (χ0) is 19.8. The Hall–Kier alpha value is -3.45. The molecular formula is C20H14ClN3O4. The highest BCUT2D eigenvalue weighted by Crippen LogP contribution is 2.41. The normalized spacial score (nSPS) is 18.6. The maximum absolute atomic E-state index is 12.8. The molecule has 0 spiro atoms. The van der Waals surface area contributed by atoms with Crippen LogP contribution in [-0.2, 0) is 9.59 Å². The first kappa shape index (κ1) is 17.9. The molecule has 0 saturated carbocycles. The Kier molecular flexibility index (Phi) is 4.44. The molecule has 28 heavy (non-hydrogen) atoms. The van der Waals surface area contributed by atoms with Crippen molar-refractivity contribution >= 4 is 34.9 Å². The van der Waals surface area contributed by atoms with Crippen LogP contribution in [0.25, 0.3) is 5.76 Å². The lowest BCUT2D eigenvalue weighted by Crippen LogP contribution is -2.29. The van der Waals surface area contributed by atoms with Gasteiger partial charge in [-0.05, 0) is 42.8 Å². The van der Waals surface area contributed by atoms with Crippen LogP contribution in [-0.4, -0.2) is 26.9 Å². The van der Waals surface area contributed by atoms with Crippen molar-refractivity contribution in [3.05, 3.63) is 82.3 Å². The lowest BCUT2D eigenvalue weighted by atomic mass is 9.96. The number of hydrogen-bond donors (Lipinski definition) is 1. The number of halogens is 1. The lowest BCUT2D eigenvalue weighted by Gasteiger charge is -2.22. The maximum atomic E-state index is 12.8. The van der Waals surface area contributed by atoms with E-state index in [0.29, 0.717) is 21.9 Å². The van der Waals surface area contributed by atoms with Gasteiger partial charge < -0.3 is 9.63 Å². The number of rotatable bonds is 3. The first-order valence-electron chi connectivity index (χ1n) is 8.37. The molecule has 1 amide bonds. The van der Waals surface area contributed by atoms with Crippen molar-refractivity contribution in [3.63, 3.8) is 0 Å². The third-order valence-corrected chi connectivity index (χ3v) is 4.68. The molecule has 1 aliphatic rings. The summed E-state index contributed by atoms with van der Waals surface area (Å²) in [5.74, 6) is -1.26. The zero-order valence-electron chi connectivity index (χ0n) is 14.7. The minimum Gasteiger partial charge on any atom is -0.507 e. The molecule has 2 aromatic heterocycles. The molecule has 7 nitrogen and oxygen atoms in total. The van der Waals surface area contributed by atoms with E-state index in [-0.39, 0.29) is 17.2 Å². The SMILES string of the molecule is Cc1cc(N2C(=O)C(=O)/C(=C(/O)c3ccc(Cl)cc3)[C@H]2c2cccnc2)no1. The van der Waals surface area contributed by atoms with Gasteiger partial charge in [0.05, 0.1) is 11.6 Å². The highest BCUT2D eigenvalue weighted by Gasteiger charge is 2.48. The van der Waals surface area contributed by atoms with Gasteiger partial charge >= 0.3 is 5.91 Å². The number of ketones is 1. The Morgan fingerprint density at radius 3 is 2.57 bits per heavy atom. The van der Waals surface area contributed by atoms with Crippen LogP contribution < -0.4 is 4.90 Å². The second-order valence-electron chi connectivity index (χ2n) is 6.26. The predicted molar refractivity (Wildman–Crippen MR) is 102 cm³/mol. The third kappa shape index (κ3) is 2.95. The van der Waals surface area contributed by atoms with E-state index in [2.05, 4.69) is 10.1 Å². The Balaban J connectivity index is 1.93. The van der Waals surface area contributed by atoms with Gasteiger partial charge in [-0.1, -0.05) is 22.8 Å². The van der Waals surface area contributed by atoms with Crippen LogP contribution in [0.1, 0.15) is 22.9 Å². The molecule has 1 fully saturated rings. The van der Waals surface area contributed by atoms with Crippen molar-refractivity contribution < 1.29 is 19.2 Å². The summed E-state index contributed by atoms with van der Waals surface area (Å²) in [7, 11) is 0. The minimum atomic E-state index is -0.895. The number of Topliss-reactive ketones (excluding diaryl/α,β-unsaturated/α-hetero) is 1. The van der Waals surface area contributed by atoms with E-state index in [1.807, 2.05) is 0 Å². The topological polar surface area (TPSA) is 96.5 Å². The molecule has 0 bridgehead atoms. The molecule has 1 aromatic carbocycles. The summed E-state index contributed by atoms with van der Waals surface area (Å²) in [6.45, 7) is 1.68. The third-order valence-electron chi connectivity index (χ3n) is 4.42. The van der Waals surface area contributed by atoms with E-state index in [9.17, 15) is 14.7 Å². The number of hydrogen-bond acceptors (Lipinski definition) is 6. The number of carbonyl (C=O) groups is 2. The molecule has 0 radical (unpaired) electrons. The number of benzene rings is 1. The van der Waals surface area contributed by atoms with Crippen molar-refractivity contribution in [2.75, 3.05) is 4.90 Å². The summed E-state index contributed by atoms with van der Waals surface area (Å²) in [5, 5.41) is 15.2. The second kappa shape index (κ2) is 6.94. The number of anilines is 1. The number of aromatic nitrogens is 2. The van der Waals surface area contributed by atoms with Crippen LogP contribution >= 0.6 is 11.6 Å². The largest absolute Gasteiger partial charge is 0.507 e. The molecule has 4 rings (SSSR count). The number of aliphatic hydroxyl groups excluding tert-OH is 1. The first-order valence-corrected chi connectivity index (χ1v) is 8.75. The van der Waals surface area contributed by atoms with E-state index >= 15 is 0 Å². The number of aryl methyl sites for hydroxylation is 1. The van der Waals surface area contributed by atoms with Gasteiger partial charge in [0.1, 0.15) is 11.5 Å². The quantitative estimate of drug-likeness (QED) is 0.413. The molecule has 140 valence electrons. The van der Waals surface area contributed by atoms with E-state index in [1.54, 1.807) is 55.6 Å². The Morgan fingerprint density at radius 1 is 1.21 bits per heavy atom. The average molecular weight is 396 g/mol. The smallest absolute Gasteiger partial charge is 0.301 e. The Bertz CT molecular complexity index is 1090. The Labute approximate surface area is 164 Å². The van der Waals surface area contributed by atoms with E-state index in [0.717, 1.165) is 0 Å². The van der Waals surface area contributed by atoms with Gasteiger partial charge in [0.2, 0.25) is 0 Å². The van der Waals surface area contributed by atoms with Crippen LogP contribution in [0.2, 0.25) is 5.02 Å². The molecule has 1 atom stereocenters. The van der Waals surface area contributed by atoms with Crippen LogP contribution in [0.15, 0.2) is 65.0 Å². The van der Waals surface area contributed by atoms with Crippen molar-refractivity contribution in [1.29, 1.82) is 0 Å². The summed E-state index contributed by atoms with van der Waals surface area (Å²) in [6, 6.07) is 10.4. The molecule has 1 N–H and O–H groups in total. The average Bonchev–Trinajstić information content (AvgIpc) is 3.24. The molecular weight excluding hydrogens is 382 g/mol. The van der Waals surface area contributed by atoms with Crippen LogP contribution in [0.4, 0.5) is 5.82 Å². The first-order chi connectivity index (χ1) is 13.5. The number of nitrogens with zero attached hydrogens (tertiary/aromatic N) is 3. The van der Waals surface area contributed by atoms with Gasteiger partial charge in [-0.15, -0.1) is 0 Å². The van der Waals surface area contributed by atoms with Gasteiger partial charge in [0, 0.05) is 29.0 Å². The Morgan fingerprint density at radius 2 is 1.96 bits per heavy atom. The number of aliphatic hydroxyl groups is 1.